The van der Waals surface area contributed by atoms with Gasteiger partial charge >= 0.3 is 5.97 Å². The van der Waals surface area contributed by atoms with Crippen molar-refractivity contribution in [1.29, 1.82) is 0 Å². The molecule has 15 heavy (non-hydrogen) atoms. The molecule has 0 aromatic heterocycles. The van der Waals surface area contributed by atoms with Gasteiger partial charge in [-0.15, -0.1) is 0 Å². The molecule has 0 saturated heterocycles. The molecule has 1 aromatic rings. The van der Waals surface area contributed by atoms with E-state index in [4.69, 9.17) is 0 Å². The maximum absolute atomic E-state index is 11.3. The van der Waals surface area contributed by atoms with Gasteiger partial charge in [0.2, 0.25) is 0 Å². The molecule has 0 bridgehead atoms. The van der Waals surface area contributed by atoms with E-state index in [2.05, 4.69) is 0 Å². The fraction of sp³-hybridized carbons (Fsp3) is 0.462. The highest BCUT2D eigenvalue weighted by molar-refractivity contribution is 5.80. The Hall–Kier alpha value is -1.31. The smallest absolute Gasteiger partial charge is 0.313 e. The molecule has 0 amide bonds. The average molecular weight is 206 g/mol. The molecule has 0 aliphatic rings. The fourth-order valence-electron chi connectivity index (χ4n) is 1.86. The first-order valence-electron chi connectivity index (χ1n) is 5.31. The number of benzene rings is 1. The normalized spacial score (nSPS) is 14.6. The summed E-state index contributed by atoms with van der Waals surface area (Å²) in [5, 5.41) is 9.31. The molecule has 1 unspecified atom stereocenters. The van der Waals surface area contributed by atoms with Gasteiger partial charge in [-0.25, -0.2) is 0 Å². The van der Waals surface area contributed by atoms with E-state index in [1.54, 1.807) is 6.92 Å². The third kappa shape index (κ3) is 2.38. The lowest BCUT2D eigenvalue weighted by Gasteiger charge is -2.25. The quantitative estimate of drug-likeness (QED) is 0.821. The van der Waals surface area contributed by atoms with Crippen molar-refractivity contribution >= 4 is 5.97 Å². The number of hydrogen-bond acceptors (Lipinski definition) is 1. The van der Waals surface area contributed by atoms with E-state index in [1.165, 1.54) is 0 Å². The van der Waals surface area contributed by atoms with E-state index < -0.39 is 11.4 Å². The minimum atomic E-state index is -0.749. The van der Waals surface area contributed by atoms with Crippen LogP contribution in [0.4, 0.5) is 0 Å². The largest absolute Gasteiger partial charge is 0.481 e. The first-order chi connectivity index (χ1) is 7.00. The van der Waals surface area contributed by atoms with Crippen molar-refractivity contribution in [2.45, 2.75) is 39.0 Å². The zero-order valence-corrected chi connectivity index (χ0v) is 9.58. The Balaban J connectivity index is 3.15. The van der Waals surface area contributed by atoms with Crippen LogP contribution in [0.1, 0.15) is 37.8 Å². The van der Waals surface area contributed by atoms with E-state index in [9.17, 15) is 9.90 Å². The van der Waals surface area contributed by atoms with E-state index in [-0.39, 0.29) is 0 Å². The first-order valence-corrected chi connectivity index (χ1v) is 5.31. The van der Waals surface area contributed by atoms with Crippen LogP contribution < -0.4 is 0 Å². The van der Waals surface area contributed by atoms with Crippen LogP contribution in [0.3, 0.4) is 0 Å². The number of aliphatic carboxylic acids is 1. The summed E-state index contributed by atoms with van der Waals surface area (Å²) in [6, 6.07) is 7.76. The molecule has 1 rings (SSSR count). The van der Waals surface area contributed by atoms with Crippen LogP contribution in [0.2, 0.25) is 0 Å². The highest BCUT2D eigenvalue weighted by Crippen LogP contribution is 2.29. The maximum Gasteiger partial charge on any atom is 0.313 e. The Bertz CT molecular complexity index is 357. The van der Waals surface area contributed by atoms with Gasteiger partial charge in [0.05, 0.1) is 5.41 Å². The van der Waals surface area contributed by atoms with Gasteiger partial charge in [0.1, 0.15) is 0 Å². The lowest BCUT2D eigenvalue weighted by molar-refractivity contribution is -0.143. The molecule has 0 spiro atoms. The summed E-state index contributed by atoms with van der Waals surface area (Å²) in [6.07, 6.45) is 1.54. The van der Waals surface area contributed by atoms with Crippen LogP contribution in [0.5, 0.6) is 0 Å². The molecule has 1 atom stereocenters. The second-order valence-corrected chi connectivity index (χ2v) is 4.26. The van der Waals surface area contributed by atoms with E-state index in [1.807, 2.05) is 38.1 Å². The summed E-state index contributed by atoms with van der Waals surface area (Å²) in [7, 11) is 0. The van der Waals surface area contributed by atoms with Crippen LogP contribution in [0.15, 0.2) is 24.3 Å². The third-order valence-electron chi connectivity index (χ3n) is 2.88. The number of aryl methyl sites for hydroxylation is 1. The number of carbonyl (C=O) groups is 1. The van der Waals surface area contributed by atoms with Crippen molar-refractivity contribution in [2.24, 2.45) is 0 Å². The summed E-state index contributed by atoms with van der Waals surface area (Å²) in [4.78, 5) is 11.3. The van der Waals surface area contributed by atoms with Crippen LogP contribution in [-0.4, -0.2) is 11.1 Å². The summed E-state index contributed by atoms with van der Waals surface area (Å²) in [5.41, 5.74) is 1.26. The molecule has 82 valence electrons. The molecule has 0 fully saturated rings. The van der Waals surface area contributed by atoms with Gasteiger partial charge in [0.25, 0.3) is 0 Å². The van der Waals surface area contributed by atoms with Crippen LogP contribution >= 0.6 is 0 Å². The van der Waals surface area contributed by atoms with Gasteiger partial charge in [-0.05, 0) is 25.8 Å². The molecular weight excluding hydrogens is 188 g/mol. The average Bonchev–Trinajstić information content (AvgIpc) is 2.17. The zero-order valence-electron chi connectivity index (χ0n) is 9.58. The third-order valence-corrected chi connectivity index (χ3v) is 2.88. The Morgan fingerprint density at radius 1 is 1.47 bits per heavy atom. The highest BCUT2D eigenvalue weighted by Gasteiger charge is 2.33. The lowest BCUT2D eigenvalue weighted by atomic mass is 9.78. The van der Waals surface area contributed by atoms with Crippen molar-refractivity contribution in [2.75, 3.05) is 0 Å². The topological polar surface area (TPSA) is 37.3 Å². The molecule has 2 nitrogen and oxygen atoms in total. The molecule has 0 aliphatic carbocycles. The van der Waals surface area contributed by atoms with Crippen molar-refractivity contribution in [3.8, 4) is 0 Å². The maximum atomic E-state index is 11.3. The SMILES string of the molecule is CCCC(C)(C(=O)O)c1cccc(C)c1. The Labute approximate surface area is 90.9 Å². The number of carboxylic acids is 1. The van der Waals surface area contributed by atoms with Crippen LogP contribution in [0, 0.1) is 6.92 Å². The van der Waals surface area contributed by atoms with Crippen LogP contribution in [0.25, 0.3) is 0 Å². The Morgan fingerprint density at radius 3 is 2.60 bits per heavy atom. The molecule has 0 heterocycles. The minimum absolute atomic E-state index is 0.672. The van der Waals surface area contributed by atoms with Gasteiger partial charge < -0.3 is 5.11 Å². The number of hydrogen-bond donors (Lipinski definition) is 1. The van der Waals surface area contributed by atoms with Crippen LogP contribution in [-0.2, 0) is 10.2 Å². The lowest BCUT2D eigenvalue weighted by Crippen LogP contribution is -2.32. The fourth-order valence-corrected chi connectivity index (χ4v) is 1.86. The van der Waals surface area contributed by atoms with E-state index in [0.717, 1.165) is 17.5 Å². The van der Waals surface area contributed by atoms with Crippen molar-refractivity contribution in [3.05, 3.63) is 35.4 Å². The minimum Gasteiger partial charge on any atom is -0.481 e. The van der Waals surface area contributed by atoms with Gasteiger partial charge in [-0.2, -0.15) is 0 Å². The van der Waals surface area contributed by atoms with Crippen molar-refractivity contribution < 1.29 is 9.90 Å². The summed E-state index contributed by atoms with van der Waals surface area (Å²) >= 11 is 0. The number of carboxylic acid groups (broad SMARTS) is 1. The summed E-state index contributed by atoms with van der Waals surface area (Å²) in [6.45, 7) is 5.79. The molecule has 1 aromatic carbocycles. The predicted molar refractivity (Wildman–Crippen MR) is 61.1 cm³/mol. The Kier molecular flexibility index (Phi) is 3.51. The van der Waals surface area contributed by atoms with E-state index >= 15 is 0 Å². The van der Waals surface area contributed by atoms with Crippen molar-refractivity contribution in [3.63, 3.8) is 0 Å². The van der Waals surface area contributed by atoms with E-state index in [0.29, 0.717) is 6.42 Å². The van der Waals surface area contributed by atoms with Gasteiger partial charge in [0, 0.05) is 0 Å². The molecule has 0 radical (unpaired) electrons. The van der Waals surface area contributed by atoms with Crippen molar-refractivity contribution in [1.82, 2.24) is 0 Å². The zero-order chi connectivity index (χ0) is 11.5. The summed E-state index contributed by atoms with van der Waals surface area (Å²) in [5.74, 6) is -0.741. The molecule has 0 aliphatic heterocycles. The Morgan fingerprint density at radius 2 is 2.13 bits per heavy atom. The van der Waals surface area contributed by atoms with Gasteiger partial charge in [-0.1, -0.05) is 43.2 Å². The standard InChI is InChI=1S/C13H18O2/c1-4-8-13(3,12(14)15)11-7-5-6-10(2)9-11/h5-7,9H,4,8H2,1-3H3,(H,14,15). The highest BCUT2D eigenvalue weighted by atomic mass is 16.4. The first kappa shape index (κ1) is 11.8. The van der Waals surface area contributed by atoms with Gasteiger partial charge in [0.15, 0.2) is 0 Å². The molecule has 0 saturated carbocycles. The molecule has 1 N–H and O–H groups in total. The van der Waals surface area contributed by atoms with Gasteiger partial charge in [-0.3, -0.25) is 4.79 Å². The molecule has 2 heteroatoms. The number of rotatable bonds is 4. The molecular formula is C13H18O2. The second-order valence-electron chi connectivity index (χ2n) is 4.26. The monoisotopic (exact) mass is 206 g/mol. The summed E-state index contributed by atoms with van der Waals surface area (Å²) < 4.78 is 0. The second kappa shape index (κ2) is 4.47. The predicted octanol–water partition coefficient (Wildman–Crippen LogP) is 3.14.